The molecule has 1 N–H and O–H groups in total. The van der Waals surface area contributed by atoms with Crippen LogP contribution in [0.25, 0.3) is 0 Å². The van der Waals surface area contributed by atoms with Crippen LogP contribution < -0.4 is 5.32 Å². The monoisotopic (exact) mass is 211 g/mol. The molecule has 88 valence electrons. The molecule has 0 amide bonds. The van der Waals surface area contributed by atoms with Gasteiger partial charge in [-0.25, -0.2) is 0 Å². The Hall–Kier alpha value is -0.370. The van der Waals surface area contributed by atoms with E-state index in [1.807, 2.05) is 0 Å². The number of rotatable bonds is 3. The van der Waals surface area contributed by atoms with E-state index in [0.29, 0.717) is 12.2 Å². The average molecular weight is 211 g/mol. The Balaban J connectivity index is 2.45. The van der Waals surface area contributed by atoms with Crippen molar-refractivity contribution >= 4 is 5.78 Å². The molecule has 0 aliphatic carbocycles. The predicted octanol–water partition coefficient (Wildman–Crippen LogP) is 2.91. The van der Waals surface area contributed by atoms with E-state index < -0.39 is 0 Å². The van der Waals surface area contributed by atoms with Gasteiger partial charge in [0.2, 0.25) is 0 Å². The summed E-state index contributed by atoms with van der Waals surface area (Å²) < 4.78 is 0. The Kier molecular flexibility index (Phi) is 3.93. The van der Waals surface area contributed by atoms with Crippen LogP contribution in [0.3, 0.4) is 0 Å². The molecule has 1 rings (SSSR count). The van der Waals surface area contributed by atoms with Crippen LogP contribution in [0.2, 0.25) is 0 Å². The fourth-order valence-electron chi connectivity index (χ4n) is 2.06. The van der Waals surface area contributed by atoms with Crippen LogP contribution in [-0.2, 0) is 4.79 Å². The topological polar surface area (TPSA) is 29.1 Å². The van der Waals surface area contributed by atoms with Crippen molar-refractivity contribution in [3.05, 3.63) is 0 Å². The van der Waals surface area contributed by atoms with Crippen molar-refractivity contribution in [2.24, 2.45) is 5.41 Å². The van der Waals surface area contributed by atoms with E-state index in [2.05, 4.69) is 33.0 Å². The van der Waals surface area contributed by atoms with Crippen molar-refractivity contribution in [3.8, 4) is 0 Å². The van der Waals surface area contributed by atoms with E-state index in [0.717, 1.165) is 19.4 Å². The third kappa shape index (κ3) is 3.94. The zero-order chi connectivity index (χ0) is 11.5. The third-order valence-corrected chi connectivity index (χ3v) is 3.34. The lowest BCUT2D eigenvalue weighted by Gasteiger charge is -2.34. The number of nitrogens with one attached hydrogen (secondary N) is 1. The zero-order valence-electron chi connectivity index (χ0n) is 10.7. The molecule has 0 spiro atoms. The van der Waals surface area contributed by atoms with Crippen molar-refractivity contribution in [1.29, 1.82) is 0 Å². The molecule has 1 fully saturated rings. The number of Topliss-reactive ketones (excluding diaryl/α,β-unsaturated/α-hetero) is 1. The Morgan fingerprint density at radius 3 is 2.47 bits per heavy atom. The Morgan fingerprint density at radius 2 is 2.00 bits per heavy atom. The van der Waals surface area contributed by atoms with E-state index in [-0.39, 0.29) is 11.0 Å². The second kappa shape index (κ2) is 4.65. The maximum atomic E-state index is 12.1. The van der Waals surface area contributed by atoms with Crippen LogP contribution in [0.4, 0.5) is 0 Å². The second-order valence-electron chi connectivity index (χ2n) is 6.20. The molecule has 2 heteroatoms. The highest BCUT2D eigenvalue weighted by molar-refractivity contribution is 5.88. The fraction of sp³-hybridized carbons (Fsp3) is 0.923. The SMILES string of the molecule is CC(C)(C)CCC(=O)C1(C)CCCCN1. The molecule has 1 atom stereocenters. The first-order chi connectivity index (χ1) is 6.83. The van der Waals surface area contributed by atoms with Gasteiger partial charge in [0.25, 0.3) is 0 Å². The van der Waals surface area contributed by atoms with Crippen LogP contribution in [-0.4, -0.2) is 17.9 Å². The van der Waals surface area contributed by atoms with Gasteiger partial charge in [-0.2, -0.15) is 0 Å². The minimum absolute atomic E-state index is 0.233. The molecule has 0 aromatic rings. The van der Waals surface area contributed by atoms with Gasteiger partial charge in [0, 0.05) is 6.42 Å². The van der Waals surface area contributed by atoms with E-state index in [1.165, 1.54) is 12.8 Å². The molecule has 0 aromatic carbocycles. The number of carbonyl (C=O) groups is 1. The van der Waals surface area contributed by atoms with Crippen LogP contribution in [0, 0.1) is 5.41 Å². The van der Waals surface area contributed by atoms with Crippen LogP contribution in [0.1, 0.15) is 59.8 Å². The van der Waals surface area contributed by atoms with Crippen molar-refractivity contribution in [2.75, 3.05) is 6.54 Å². The molecule has 1 aliphatic rings. The Labute approximate surface area is 93.8 Å². The van der Waals surface area contributed by atoms with Crippen molar-refractivity contribution in [2.45, 2.75) is 65.3 Å². The van der Waals surface area contributed by atoms with Crippen molar-refractivity contribution < 1.29 is 4.79 Å². The van der Waals surface area contributed by atoms with Gasteiger partial charge < -0.3 is 5.32 Å². The first-order valence-electron chi connectivity index (χ1n) is 6.12. The Bertz CT molecular complexity index is 221. The van der Waals surface area contributed by atoms with Gasteiger partial charge in [0.15, 0.2) is 5.78 Å². The van der Waals surface area contributed by atoms with E-state index >= 15 is 0 Å². The maximum Gasteiger partial charge on any atom is 0.152 e. The lowest BCUT2D eigenvalue weighted by molar-refractivity contribution is -0.126. The summed E-state index contributed by atoms with van der Waals surface area (Å²) in [5.41, 5.74) is 0.0319. The number of hydrogen-bond donors (Lipinski definition) is 1. The van der Waals surface area contributed by atoms with Gasteiger partial charge >= 0.3 is 0 Å². The first kappa shape index (κ1) is 12.7. The molecule has 1 unspecified atom stereocenters. The number of ketones is 1. The summed E-state index contributed by atoms with van der Waals surface area (Å²) in [4.78, 5) is 12.1. The quantitative estimate of drug-likeness (QED) is 0.777. The number of piperidine rings is 1. The molecule has 1 saturated heterocycles. The van der Waals surface area contributed by atoms with Crippen LogP contribution in [0.5, 0.6) is 0 Å². The van der Waals surface area contributed by atoms with Gasteiger partial charge in [-0.1, -0.05) is 20.8 Å². The zero-order valence-corrected chi connectivity index (χ0v) is 10.7. The minimum atomic E-state index is -0.233. The minimum Gasteiger partial charge on any atom is -0.305 e. The second-order valence-corrected chi connectivity index (χ2v) is 6.20. The highest BCUT2D eigenvalue weighted by atomic mass is 16.1. The third-order valence-electron chi connectivity index (χ3n) is 3.34. The van der Waals surface area contributed by atoms with Crippen molar-refractivity contribution in [3.63, 3.8) is 0 Å². The van der Waals surface area contributed by atoms with E-state index in [4.69, 9.17) is 0 Å². The molecule has 2 nitrogen and oxygen atoms in total. The largest absolute Gasteiger partial charge is 0.305 e. The summed E-state index contributed by atoms with van der Waals surface area (Å²) in [5, 5.41) is 3.38. The average Bonchev–Trinajstić information content (AvgIpc) is 2.14. The molecule has 0 radical (unpaired) electrons. The predicted molar refractivity (Wildman–Crippen MR) is 64.0 cm³/mol. The lowest BCUT2D eigenvalue weighted by atomic mass is 9.81. The molecule has 0 saturated carbocycles. The normalized spacial score (nSPS) is 27.7. The smallest absolute Gasteiger partial charge is 0.152 e. The number of carbonyl (C=O) groups excluding carboxylic acids is 1. The summed E-state index contributed by atoms with van der Waals surface area (Å²) in [6.45, 7) is 9.64. The molecule has 1 aliphatic heterocycles. The van der Waals surface area contributed by atoms with Crippen LogP contribution in [0.15, 0.2) is 0 Å². The van der Waals surface area contributed by atoms with E-state index in [9.17, 15) is 4.79 Å². The molecular formula is C13H25NO. The van der Waals surface area contributed by atoms with Crippen molar-refractivity contribution in [1.82, 2.24) is 5.32 Å². The summed E-state index contributed by atoms with van der Waals surface area (Å²) in [6, 6.07) is 0. The van der Waals surface area contributed by atoms with Gasteiger partial charge in [0.05, 0.1) is 5.54 Å². The first-order valence-corrected chi connectivity index (χ1v) is 6.12. The van der Waals surface area contributed by atoms with Gasteiger partial charge in [0.1, 0.15) is 0 Å². The maximum absolute atomic E-state index is 12.1. The molecule has 1 heterocycles. The summed E-state index contributed by atoms with van der Waals surface area (Å²) >= 11 is 0. The van der Waals surface area contributed by atoms with Gasteiger partial charge in [-0.05, 0) is 44.6 Å². The fourth-order valence-corrected chi connectivity index (χ4v) is 2.06. The van der Waals surface area contributed by atoms with Crippen LogP contribution >= 0.6 is 0 Å². The Morgan fingerprint density at radius 1 is 1.33 bits per heavy atom. The summed E-state index contributed by atoms with van der Waals surface area (Å²) in [6.07, 6.45) is 5.11. The standard InChI is InChI=1S/C13H25NO/c1-12(2,3)9-7-11(15)13(4)8-5-6-10-14-13/h14H,5-10H2,1-4H3. The highest BCUT2D eigenvalue weighted by Crippen LogP contribution is 2.26. The highest BCUT2D eigenvalue weighted by Gasteiger charge is 2.33. The number of hydrogen-bond acceptors (Lipinski definition) is 2. The molecule has 0 bridgehead atoms. The molecule has 0 aromatic heterocycles. The van der Waals surface area contributed by atoms with E-state index in [1.54, 1.807) is 0 Å². The van der Waals surface area contributed by atoms with Gasteiger partial charge in [-0.15, -0.1) is 0 Å². The summed E-state index contributed by atoms with van der Waals surface area (Å²) in [7, 11) is 0. The van der Waals surface area contributed by atoms with Gasteiger partial charge in [-0.3, -0.25) is 4.79 Å². The lowest BCUT2D eigenvalue weighted by Crippen LogP contribution is -2.52. The summed E-state index contributed by atoms with van der Waals surface area (Å²) in [5.74, 6) is 0.400. The molecular weight excluding hydrogens is 186 g/mol. The molecule has 15 heavy (non-hydrogen) atoms.